The van der Waals surface area contributed by atoms with Crippen molar-refractivity contribution in [2.24, 2.45) is 0 Å². The minimum absolute atomic E-state index is 0.0621. The van der Waals surface area contributed by atoms with Crippen LogP contribution in [0.5, 0.6) is 0 Å². The van der Waals surface area contributed by atoms with Gasteiger partial charge in [-0.3, -0.25) is 9.69 Å². The number of fused-ring (bicyclic) bond motifs is 2. The van der Waals surface area contributed by atoms with E-state index in [-0.39, 0.29) is 12.1 Å². The number of carbonyl (C=O) groups is 1. The van der Waals surface area contributed by atoms with Crippen LogP contribution >= 0.6 is 22.7 Å². The van der Waals surface area contributed by atoms with E-state index in [0.717, 1.165) is 29.9 Å². The van der Waals surface area contributed by atoms with Gasteiger partial charge in [0, 0.05) is 47.4 Å². The highest BCUT2D eigenvalue weighted by Gasteiger charge is 2.33. The van der Waals surface area contributed by atoms with Gasteiger partial charge in [-0.15, -0.1) is 22.7 Å². The molecule has 1 aliphatic heterocycles. The molecule has 1 amide bonds. The summed E-state index contributed by atoms with van der Waals surface area (Å²) in [6.45, 7) is 10.4. The summed E-state index contributed by atoms with van der Waals surface area (Å²) in [5, 5.41) is 10.1. The van der Waals surface area contributed by atoms with Crippen molar-refractivity contribution >= 4 is 38.8 Å². The molecule has 4 rings (SSSR count). The maximum absolute atomic E-state index is 12.8. The van der Waals surface area contributed by atoms with Gasteiger partial charge in [0.25, 0.3) is 0 Å². The van der Waals surface area contributed by atoms with E-state index in [1.165, 1.54) is 20.7 Å². The van der Waals surface area contributed by atoms with Gasteiger partial charge in [-0.25, -0.2) is 4.98 Å². The molecule has 0 saturated carbocycles. The Morgan fingerprint density at radius 1 is 1.29 bits per heavy atom. The molecule has 166 valence electrons. The Morgan fingerprint density at radius 2 is 2.10 bits per heavy atom. The molecule has 3 aromatic rings. The molecule has 0 fully saturated rings. The molecule has 0 spiro atoms. The summed E-state index contributed by atoms with van der Waals surface area (Å²) in [7, 11) is 0. The van der Waals surface area contributed by atoms with Gasteiger partial charge in [-0.05, 0) is 51.3 Å². The van der Waals surface area contributed by atoms with E-state index in [2.05, 4.69) is 66.8 Å². The third-order valence-electron chi connectivity index (χ3n) is 6.07. The summed E-state index contributed by atoms with van der Waals surface area (Å²) >= 11 is 3.51. The van der Waals surface area contributed by atoms with Gasteiger partial charge >= 0.3 is 0 Å². The van der Waals surface area contributed by atoms with E-state index in [4.69, 9.17) is 4.98 Å². The monoisotopic (exact) mass is 456 g/mol. The first-order valence-electron chi connectivity index (χ1n) is 11.2. The molecular weight excluding hydrogens is 424 g/mol. The zero-order valence-electron chi connectivity index (χ0n) is 18.8. The van der Waals surface area contributed by atoms with Crippen LogP contribution < -0.4 is 10.6 Å². The molecule has 3 heterocycles. The van der Waals surface area contributed by atoms with Crippen molar-refractivity contribution in [3.8, 4) is 10.6 Å². The second-order valence-corrected chi connectivity index (χ2v) is 10.5. The minimum Gasteiger partial charge on any atom is -0.336 e. The third kappa shape index (κ3) is 4.85. The van der Waals surface area contributed by atoms with Crippen LogP contribution in [0.2, 0.25) is 0 Å². The molecule has 2 aromatic heterocycles. The van der Waals surface area contributed by atoms with Gasteiger partial charge in [0.2, 0.25) is 5.91 Å². The Morgan fingerprint density at radius 3 is 2.84 bits per heavy atom. The number of benzene rings is 1. The van der Waals surface area contributed by atoms with Gasteiger partial charge in [0.1, 0.15) is 11.2 Å². The molecule has 2 N–H and O–H groups in total. The molecule has 1 aliphatic rings. The average molecular weight is 457 g/mol. The van der Waals surface area contributed by atoms with Crippen molar-refractivity contribution in [3.63, 3.8) is 0 Å². The van der Waals surface area contributed by atoms with Crippen molar-refractivity contribution < 1.29 is 4.79 Å². The molecule has 2 unspecified atom stereocenters. The lowest BCUT2D eigenvalue weighted by atomic mass is 10.00. The van der Waals surface area contributed by atoms with Crippen molar-refractivity contribution in [2.45, 2.75) is 65.2 Å². The summed E-state index contributed by atoms with van der Waals surface area (Å²) in [6.07, 6.45) is 2.49. The molecule has 2 atom stereocenters. The largest absolute Gasteiger partial charge is 0.336 e. The summed E-state index contributed by atoms with van der Waals surface area (Å²) in [6, 6.07) is 9.11. The number of hydrogen-bond donors (Lipinski definition) is 2. The van der Waals surface area contributed by atoms with Crippen molar-refractivity contribution in [1.82, 2.24) is 20.5 Å². The van der Waals surface area contributed by atoms with Crippen LogP contribution in [0.15, 0.2) is 29.6 Å². The van der Waals surface area contributed by atoms with Gasteiger partial charge < -0.3 is 10.6 Å². The first-order chi connectivity index (χ1) is 15.0. The fourth-order valence-corrected chi connectivity index (χ4v) is 6.34. The molecule has 0 radical (unpaired) electrons. The van der Waals surface area contributed by atoms with E-state index < -0.39 is 0 Å². The fraction of sp³-hybridized carbons (Fsp3) is 0.500. The first kappa shape index (κ1) is 22.4. The second kappa shape index (κ2) is 9.77. The number of thiazole rings is 1. The van der Waals surface area contributed by atoms with Gasteiger partial charge in [0.15, 0.2) is 0 Å². The van der Waals surface area contributed by atoms with Crippen LogP contribution in [-0.2, 0) is 11.2 Å². The molecule has 0 saturated heterocycles. The molecule has 7 heteroatoms. The SMILES string of the molecule is CCC(C)NCCC(=O)NC1c2scc(-c3nc4ccccc4s3)c2CCN1C(C)C. The number of amides is 1. The lowest BCUT2D eigenvalue weighted by Gasteiger charge is -2.39. The number of para-hydroxylation sites is 1. The highest BCUT2D eigenvalue weighted by atomic mass is 32.1. The van der Waals surface area contributed by atoms with Crippen LogP contribution in [0.3, 0.4) is 0 Å². The predicted molar refractivity (Wildman–Crippen MR) is 132 cm³/mol. The second-order valence-electron chi connectivity index (χ2n) is 8.54. The van der Waals surface area contributed by atoms with E-state index in [1.54, 1.807) is 22.7 Å². The molecule has 1 aromatic carbocycles. The Balaban J connectivity index is 1.56. The van der Waals surface area contributed by atoms with Crippen LogP contribution in [0.25, 0.3) is 20.8 Å². The van der Waals surface area contributed by atoms with E-state index in [1.807, 2.05) is 6.07 Å². The quantitative estimate of drug-likeness (QED) is 0.490. The van der Waals surface area contributed by atoms with Crippen molar-refractivity contribution in [2.75, 3.05) is 13.1 Å². The van der Waals surface area contributed by atoms with E-state index in [0.29, 0.717) is 25.0 Å². The number of rotatable bonds is 8. The summed E-state index contributed by atoms with van der Waals surface area (Å²) in [4.78, 5) is 21.3. The number of carbonyl (C=O) groups excluding carboxylic acids is 1. The standard InChI is InChI=1S/C24H32N4OS2/c1-5-16(4)25-12-10-21(29)27-23-22-17(11-13-28(23)15(2)3)18(14-30-22)24-26-19-8-6-7-9-20(19)31-24/h6-9,14-16,23,25H,5,10-13H2,1-4H3,(H,27,29). The van der Waals surface area contributed by atoms with Crippen LogP contribution in [0.1, 0.15) is 57.1 Å². The summed E-state index contributed by atoms with van der Waals surface area (Å²) < 4.78 is 1.22. The van der Waals surface area contributed by atoms with Gasteiger partial charge in [-0.1, -0.05) is 19.1 Å². The number of hydrogen-bond acceptors (Lipinski definition) is 6. The maximum atomic E-state index is 12.8. The molecular formula is C24H32N4OS2. The Bertz CT molecular complexity index is 1010. The average Bonchev–Trinajstić information content (AvgIpc) is 3.37. The zero-order valence-corrected chi connectivity index (χ0v) is 20.4. The molecule has 0 bridgehead atoms. The predicted octanol–water partition coefficient (Wildman–Crippen LogP) is 5.18. The fourth-order valence-electron chi connectivity index (χ4n) is 4.08. The highest BCUT2D eigenvalue weighted by molar-refractivity contribution is 7.22. The Hall–Kier alpha value is -1.80. The minimum atomic E-state index is -0.0621. The Labute approximate surface area is 192 Å². The zero-order chi connectivity index (χ0) is 22.0. The van der Waals surface area contributed by atoms with E-state index >= 15 is 0 Å². The molecule has 31 heavy (non-hydrogen) atoms. The number of nitrogens with one attached hydrogen (secondary N) is 2. The van der Waals surface area contributed by atoms with Crippen molar-refractivity contribution in [3.05, 3.63) is 40.1 Å². The molecule has 0 aliphatic carbocycles. The highest BCUT2D eigenvalue weighted by Crippen LogP contribution is 2.42. The van der Waals surface area contributed by atoms with E-state index in [9.17, 15) is 4.79 Å². The number of aromatic nitrogens is 1. The lowest BCUT2D eigenvalue weighted by molar-refractivity contribution is -0.123. The van der Waals surface area contributed by atoms with Crippen molar-refractivity contribution in [1.29, 1.82) is 0 Å². The van der Waals surface area contributed by atoms with Crippen LogP contribution in [0.4, 0.5) is 0 Å². The topological polar surface area (TPSA) is 57.3 Å². The maximum Gasteiger partial charge on any atom is 0.222 e. The van der Waals surface area contributed by atoms with Gasteiger partial charge in [-0.2, -0.15) is 0 Å². The summed E-state index contributed by atoms with van der Waals surface area (Å²) in [5.74, 6) is 0.106. The third-order valence-corrected chi connectivity index (χ3v) is 8.22. The van der Waals surface area contributed by atoms with Crippen LogP contribution in [0, 0.1) is 0 Å². The van der Waals surface area contributed by atoms with Crippen LogP contribution in [-0.4, -0.2) is 41.0 Å². The number of thiophene rings is 1. The van der Waals surface area contributed by atoms with Gasteiger partial charge in [0.05, 0.1) is 10.2 Å². The lowest BCUT2D eigenvalue weighted by Crippen LogP contribution is -2.48. The summed E-state index contributed by atoms with van der Waals surface area (Å²) in [5.41, 5.74) is 3.65. The Kier molecular flexibility index (Phi) is 7.06. The smallest absolute Gasteiger partial charge is 0.222 e. The number of nitrogens with zero attached hydrogens (tertiary/aromatic N) is 2. The molecule has 5 nitrogen and oxygen atoms in total. The normalized spacial score (nSPS) is 17.8. The first-order valence-corrected chi connectivity index (χ1v) is 12.9.